The number of Topliss-reactive ketones (excluding diaryl/α,β-unsaturated/α-hetero) is 1. The van der Waals surface area contributed by atoms with E-state index >= 15 is 0 Å². The summed E-state index contributed by atoms with van der Waals surface area (Å²) in [4.78, 5) is 12.1. The lowest BCUT2D eigenvalue weighted by atomic mass is 10.1. The molecule has 0 radical (unpaired) electrons. The predicted molar refractivity (Wildman–Crippen MR) is 73.4 cm³/mol. The molecule has 0 aliphatic carbocycles. The Balaban J connectivity index is 2.17. The van der Waals surface area contributed by atoms with Gasteiger partial charge in [-0.2, -0.15) is 0 Å². The van der Waals surface area contributed by atoms with Gasteiger partial charge < -0.3 is 0 Å². The van der Waals surface area contributed by atoms with Gasteiger partial charge in [0.2, 0.25) is 0 Å². The van der Waals surface area contributed by atoms with E-state index in [1.54, 1.807) is 0 Å². The number of hydrogen-bond acceptors (Lipinski definition) is 2. The Morgan fingerprint density at radius 3 is 2.45 bits per heavy atom. The zero-order valence-corrected chi connectivity index (χ0v) is 11.7. The van der Waals surface area contributed by atoms with Gasteiger partial charge in [-0.3, -0.25) is 9.00 Å². The fourth-order valence-electron chi connectivity index (χ4n) is 1.59. The summed E-state index contributed by atoms with van der Waals surface area (Å²) in [5.74, 6) is -2.26. The molecule has 2 rings (SSSR count). The number of carbonyl (C=O) groups is 1. The fourth-order valence-corrected chi connectivity index (χ4v) is 2.86. The van der Waals surface area contributed by atoms with Gasteiger partial charge in [-0.15, -0.1) is 0 Å². The van der Waals surface area contributed by atoms with Crippen LogP contribution in [0.2, 0.25) is 5.02 Å². The number of halogens is 3. The highest BCUT2D eigenvalue weighted by molar-refractivity contribution is 7.85. The van der Waals surface area contributed by atoms with Gasteiger partial charge in [0.25, 0.3) is 0 Å². The van der Waals surface area contributed by atoms with Crippen molar-refractivity contribution in [3.8, 4) is 0 Å². The Hall–Kier alpha value is -1.59. The monoisotopic (exact) mass is 314 g/mol. The van der Waals surface area contributed by atoms with Crippen molar-refractivity contribution in [2.75, 3.05) is 5.75 Å². The molecule has 0 N–H and O–H groups in total. The van der Waals surface area contributed by atoms with Crippen LogP contribution in [0.25, 0.3) is 0 Å². The Kier molecular flexibility index (Phi) is 4.62. The second-order valence-corrected chi connectivity index (χ2v) is 5.83. The van der Waals surface area contributed by atoms with Crippen LogP contribution >= 0.6 is 11.6 Å². The lowest BCUT2D eigenvalue weighted by Gasteiger charge is -2.04. The summed E-state index contributed by atoms with van der Waals surface area (Å²) < 4.78 is 38.4. The summed E-state index contributed by atoms with van der Waals surface area (Å²) in [5, 5.41) is -0.172. The van der Waals surface area contributed by atoms with E-state index in [2.05, 4.69) is 0 Å². The minimum atomic E-state index is -1.71. The zero-order valence-electron chi connectivity index (χ0n) is 10.1. The van der Waals surface area contributed by atoms with E-state index < -0.39 is 28.2 Å². The second kappa shape index (κ2) is 6.24. The Morgan fingerprint density at radius 2 is 1.80 bits per heavy atom. The van der Waals surface area contributed by atoms with Crippen LogP contribution in [0.5, 0.6) is 0 Å². The first-order valence-corrected chi connectivity index (χ1v) is 7.30. The summed E-state index contributed by atoms with van der Waals surface area (Å²) in [5.41, 5.74) is -0.117. The van der Waals surface area contributed by atoms with E-state index in [0.29, 0.717) is 0 Å². The molecule has 1 atom stereocenters. The molecule has 0 spiro atoms. The first kappa shape index (κ1) is 14.8. The third-order valence-electron chi connectivity index (χ3n) is 2.59. The van der Waals surface area contributed by atoms with E-state index in [4.69, 9.17) is 11.6 Å². The normalized spacial score (nSPS) is 12.2. The highest BCUT2D eigenvalue weighted by atomic mass is 35.5. The highest BCUT2D eigenvalue weighted by Crippen LogP contribution is 2.19. The highest BCUT2D eigenvalue weighted by Gasteiger charge is 2.16. The average Bonchev–Trinajstić information content (AvgIpc) is 2.42. The van der Waals surface area contributed by atoms with Gasteiger partial charge in [-0.25, -0.2) is 8.78 Å². The third-order valence-corrected chi connectivity index (χ3v) is 4.18. The van der Waals surface area contributed by atoms with Crippen LogP contribution in [0.3, 0.4) is 0 Å². The number of ketones is 1. The maximum atomic E-state index is 13.4. The Labute approximate surface area is 121 Å². The van der Waals surface area contributed by atoms with E-state index in [9.17, 15) is 17.8 Å². The molecule has 2 nitrogen and oxygen atoms in total. The zero-order chi connectivity index (χ0) is 14.7. The second-order valence-electron chi connectivity index (χ2n) is 3.97. The molecule has 0 saturated carbocycles. The van der Waals surface area contributed by atoms with Crippen LogP contribution in [-0.4, -0.2) is 15.7 Å². The van der Waals surface area contributed by atoms with Crippen LogP contribution < -0.4 is 0 Å². The van der Waals surface area contributed by atoms with E-state index in [1.165, 1.54) is 30.3 Å². The Bertz CT molecular complexity index is 689. The molecule has 0 heterocycles. The summed E-state index contributed by atoms with van der Waals surface area (Å²) in [6.07, 6.45) is 0. The van der Waals surface area contributed by atoms with Gasteiger partial charge in [0.15, 0.2) is 5.78 Å². The molecule has 2 aromatic rings. The number of carbonyl (C=O) groups excluding carboxylic acids is 1. The molecule has 0 amide bonds. The van der Waals surface area contributed by atoms with Crippen molar-refractivity contribution < 1.29 is 17.8 Å². The number of hydrogen-bond donors (Lipinski definition) is 0. The van der Waals surface area contributed by atoms with Gasteiger partial charge in [0.05, 0.1) is 27.1 Å². The molecule has 2 aromatic carbocycles. The van der Waals surface area contributed by atoms with Gasteiger partial charge in [-0.05, 0) is 30.3 Å². The molecule has 1 unspecified atom stereocenters. The van der Waals surface area contributed by atoms with E-state index in [1.807, 2.05) is 0 Å². The summed E-state index contributed by atoms with van der Waals surface area (Å²) in [6.45, 7) is 0. The van der Waals surface area contributed by atoms with Crippen molar-refractivity contribution in [2.24, 2.45) is 0 Å². The minimum absolute atomic E-state index is 0.117. The molecule has 20 heavy (non-hydrogen) atoms. The molecule has 0 fully saturated rings. The van der Waals surface area contributed by atoms with Crippen LogP contribution in [0.15, 0.2) is 47.4 Å². The van der Waals surface area contributed by atoms with Crippen LogP contribution in [0.4, 0.5) is 8.78 Å². The van der Waals surface area contributed by atoms with Crippen molar-refractivity contribution in [1.82, 2.24) is 0 Å². The average molecular weight is 315 g/mol. The smallest absolute Gasteiger partial charge is 0.178 e. The molecule has 0 bridgehead atoms. The maximum Gasteiger partial charge on any atom is 0.178 e. The molecule has 0 aromatic heterocycles. The molecular formula is C14H9ClF2O2S. The summed E-state index contributed by atoms with van der Waals surface area (Å²) in [6, 6.07) is 9.02. The van der Waals surface area contributed by atoms with E-state index in [-0.39, 0.29) is 21.2 Å². The van der Waals surface area contributed by atoms with Crippen LogP contribution in [-0.2, 0) is 10.8 Å². The standard InChI is InChI=1S/C14H9ClF2O2S/c15-11-7-9(5-6-13(11)17)20(19)8-14(18)10-3-1-2-4-12(10)16/h1-7H,8H2. The largest absolute Gasteiger partial charge is 0.293 e. The number of benzene rings is 2. The van der Waals surface area contributed by atoms with Crippen molar-refractivity contribution in [1.29, 1.82) is 0 Å². The lowest BCUT2D eigenvalue weighted by molar-refractivity contribution is 0.101. The first-order chi connectivity index (χ1) is 9.49. The van der Waals surface area contributed by atoms with Gasteiger partial charge in [0.1, 0.15) is 11.6 Å². The van der Waals surface area contributed by atoms with Gasteiger partial charge in [0, 0.05) is 4.90 Å². The molecule has 0 aliphatic rings. The van der Waals surface area contributed by atoms with Crippen molar-refractivity contribution in [3.05, 3.63) is 64.7 Å². The molecular weight excluding hydrogens is 306 g/mol. The fraction of sp³-hybridized carbons (Fsp3) is 0.0714. The van der Waals surface area contributed by atoms with Crippen LogP contribution in [0, 0.1) is 11.6 Å². The van der Waals surface area contributed by atoms with Crippen molar-refractivity contribution >= 4 is 28.2 Å². The molecule has 0 saturated heterocycles. The third kappa shape index (κ3) is 3.29. The minimum Gasteiger partial charge on any atom is -0.293 e. The van der Waals surface area contributed by atoms with Crippen LogP contribution in [0.1, 0.15) is 10.4 Å². The van der Waals surface area contributed by atoms with Crippen molar-refractivity contribution in [2.45, 2.75) is 4.90 Å². The topological polar surface area (TPSA) is 34.1 Å². The lowest BCUT2D eigenvalue weighted by Crippen LogP contribution is -2.12. The summed E-state index contributed by atoms with van der Waals surface area (Å²) >= 11 is 5.58. The molecule has 6 heteroatoms. The van der Waals surface area contributed by atoms with Crippen molar-refractivity contribution in [3.63, 3.8) is 0 Å². The van der Waals surface area contributed by atoms with Gasteiger partial charge in [-0.1, -0.05) is 23.7 Å². The summed E-state index contributed by atoms with van der Waals surface area (Å²) in [7, 11) is -1.71. The van der Waals surface area contributed by atoms with Gasteiger partial charge >= 0.3 is 0 Å². The quantitative estimate of drug-likeness (QED) is 0.808. The molecule has 104 valence electrons. The Morgan fingerprint density at radius 1 is 1.10 bits per heavy atom. The molecule has 0 aliphatic heterocycles. The first-order valence-electron chi connectivity index (χ1n) is 5.60. The maximum absolute atomic E-state index is 13.4. The number of rotatable bonds is 4. The van der Waals surface area contributed by atoms with E-state index in [0.717, 1.165) is 12.1 Å². The SMILES string of the molecule is O=C(CS(=O)c1ccc(F)c(Cl)c1)c1ccccc1F. The predicted octanol–water partition coefficient (Wildman–Crippen LogP) is 3.61.